The molecule has 0 radical (unpaired) electrons. The average Bonchev–Trinajstić information content (AvgIpc) is 3.18. The molecular weight excluding hydrogens is 376 g/mol. The number of rotatable bonds is 5. The summed E-state index contributed by atoms with van der Waals surface area (Å²) in [5, 5.41) is 17.2. The third-order valence-corrected chi connectivity index (χ3v) is 8.56. The van der Waals surface area contributed by atoms with Crippen LogP contribution >= 0.6 is 22.7 Å². The number of thiazole rings is 1. The first-order valence-corrected chi connectivity index (χ1v) is 11.6. The van der Waals surface area contributed by atoms with Gasteiger partial charge in [-0.1, -0.05) is 0 Å². The van der Waals surface area contributed by atoms with Crippen LogP contribution in [0.2, 0.25) is 0 Å². The summed E-state index contributed by atoms with van der Waals surface area (Å²) in [6, 6.07) is 4.18. The number of aromatic nitrogens is 1. The molecule has 1 amide bonds. The van der Waals surface area contributed by atoms with E-state index < -0.39 is 5.60 Å². The molecule has 2 atom stereocenters. The van der Waals surface area contributed by atoms with Crippen LogP contribution in [0.15, 0.2) is 17.5 Å². The number of aryl methyl sites for hydroxylation is 1. The molecule has 2 aromatic rings. The number of hydrogen-bond acceptors (Lipinski definition) is 5. The lowest BCUT2D eigenvalue weighted by atomic mass is 9.47. The van der Waals surface area contributed by atoms with Crippen LogP contribution in [0.5, 0.6) is 0 Å². The van der Waals surface area contributed by atoms with E-state index in [2.05, 4.69) is 27.8 Å². The van der Waals surface area contributed by atoms with E-state index in [1.54, 1.807) is 22.7 Å². The molecule has 4 saturated carbocycles. The Hall–Kier alpha value is -1.24. The number of carbonyl (C=O) groups excluding carboxylic acids is 1. The first-order valence-electron chi connectivity index (χ1n) is 9.91. The van der Waals surface area contributed by atoms with E-state index in [1.807, 2.05) is 6.92 Å². The summed E-state index contributed by atoms with van der Waals surface area (Å²) in [4.78, 5) is 19.5. The van der Waals surface area contributed by atoms with E-state index in [9.17, 15) is 9.90 Å². The Kier molecular flexibility index (Phi) is 4.22. The van der Waals surface area contributed by atoms with Crippen LogP contribution in [-0.2, 0) is 11.3 Å². The zero-order valence-corrected chi connectivity index (χ0v) is 17.3. The molecule has 4 bridgehead atoms. The molecular formula is C21H26N2O2S2. The van der Waals surface area contributed by atoms with Crippen LogP contribution in [0.3, 0.4) is 0 Å². The predicted octanol–water partition coefficient (Wildman–Crippen LogP) is 4.52. The molecule has 144 valence electrons. The van der Waals surface area contributed by atoms with Gasteiger partial charge in [0.1, 0.15) is 0 Å². The zero-order valence-electron chi connectivity index (χ0n) is 15.7. The fourth-order valence-electron chi connectivity index (χ4n) is 6.28. The molecule has 0 aliphatic heterocycles. The van der Waals surface area contributed by atoms with Crippen molar-refractivity contribution in [2.24, 2.45) is 17.3 Å². The van der Waals surface area contributed by atoms with Gasteiger partial charge in [-0.2, -0.15) is 0 Å². The van der Waals surface area contributed by atoms with Crippen LogP contribution in [0.25, 0.3) is 10.6 Å². The smallest absolute Gasteiger partial charge is 0.220 e. The van der Waals surface area contributed by atoms with Gasteiger partial charge in [0.25, 0.3) is 0 Å². The number of nitrogens with one attached hydrogen (secondary N) is 1. The standard InChI is InChI=1S/C21H26N2O2S2/c1-13-23-17(11-26-13)18-3-2-16(27-18)10-22-19(24)9-20-5-14-4-15(6-20)8-21(25,7-14)12-20/h2-3,11,14-15,25H,4-10,12H2,1H3,(H,22,24). The topological polar surface area (TPSA) is 62.2 Å². The summed E-state index contributed by atoms with van der Waals surface area (Å²) < 4.78 is 0. The van der Waals surface area contributed by atoms with Crippen molar-refractivity contribution in [1.82, 2.24) is 10.3 Å². The Morgan fingerprint density at radius 2 is 2.07 bits per heavy atom. The molecule has 0 saturated heterocycles. The van der Waals surface area contributed by atoms with Gasteiger partial charge in [0.05, 0.1) is 27.7 Å². The highest BCUT2D eigenvalue weighted by Crippen LogP contribution is 2.62. The number of carbonyl (C=O) groups is 1. The third-order valence-electron chi connectivity index (χ3n) is 6.68. The molecule has 6 rings (SSSR count). The van der Waals surface area contributed by atoms with Crippen LogP contribution in [-0.4, -0.2) is 21.6 Å². The van der Waals surface area contributed by atoms with Gasteiger partial charge in [-0.3, -0.25) is 4.79 Å². The van der Waals surface area contributed by atoms with E-state index >= 15 is 0 Å². The van der Waals surface area contributed by atoms with Gasteiger partial charge in [-0.15, -0.1) is 22.7 Å². The summed E-state index contributed by atoms with van der Waals surface area (Å²) in [5.74, 6) is 1.40. The molecule has 6 heteroatoms. The summed E-state index contributed by atoms with van der Waals surface area (Å²) in [6.45, 7) is 2.60. The fourth-order valence-corrected chi connectivity index (χ4v) is 7.88. The van der Waals surface area contributed by atoms with Crippen molar-refractivity contribution in [3.05, 3.63) is 27.4 Å². The average molecular weight is 403 g/mol. The highest BCUT2D eigenvalue weighted by atomic mass is 32.1. The lowest BCUT2D eigenvalue weighted by Gasteiger charge is -2.60. The molecule has 0 aromatic carbocycles. The number of amides is 1. The molecule has 2 aromatic heterocycles. The first-order chi connectivity index (χ1) is 12.9. The first kappa shape index (κ1) is 17.8. The van der Waals surface area contributed by atoms with Crippen molar-refractivity contribution in [3.8, 4) is 10.6 Å². The second-order valence-corrected chi connectivity index (χ2v) is 11.4. The molecule has 27 heavy (non-hydrogen) atoms. The molecule has 2 N–H and O–H groups in total. The van der Waals surface area contributed by atoms with E-state index in [-0.39, 0.29) is 11.3 Å². The summed E-state index contributed by atoms with van der Waals surface area (Å²) in [5.41, 5.74) is 0.585. The minimum atomic E-state index is -0.487. The minimum Gasteiger partial charge on any atom is -0.390 e. The lowest BCUT2D eigenvalue weighted by Crippen LogP contribution is -2.56. The van der Waals surface area contributed by atoms with Crippen molar-refractivity contribution in [2.45, 2.75) is 64.0 Å². The predicted molar refractivity (Wildman–Crippen MR) is 109 cm³/mol. The molecule has 2 unspecified atom stereocenters. The van der Waals surface area contributed by atoms with E-state index in [0.29, 0.717) is 24.8 Å². The van der Waals surface area contributed by atoms with E-state index in [0.717, 1.165) is 52.6 Å². The van der Waals surface area contributed by atoms with Crippen molar-refractivity contribution in [3.63, 3.8) is 0 Å². The number of hydrogen-bond donors (Lipinski definition) is 2. The van der Waals surface area contributed by atoms with E-state index in [4.69, 9.17) is 0 Å². The second kappa shape index (κ2) is 6.39. The highest BCUT2D eigenvalue weighted by molar-refractivity contribution is 7.16. The Morgan fingerprint density at radius 1 is 1.30 bits per heavy atom. The van der Waals surface area contributed by atoms with Crippen molar-refractivity contribution >= 4 is 28.6 Å². The lowest BCUT2D eigenvalue weighted by molar-refractivity contribution is -0.169. The maximum absolute atomic E-state index is 12.7. The van der Waals surface area contributed by atoms with Gasteiger partial charge >= 0.3 is 0 Å². The van der Waals surface area contributed by atoms with Gasteiger partial charge in [-0.25, -0.2) is 4.98 Å². The summed E-state index contributed by atoms with van der Waals surface area (Å²) in [7, 11) is 0. The Labute approximate surface area is 168 Å². The normalized spacial score (nSPS) is 34.1. The molecule has 0 spiro atoms. The summed E-state index contributed by atoms with van der Waals surface area (Å²) in [6.07, 6.45) is 6.84. The van der Waals surface area contributed by atoms with Crippen molar-refractivity contribution < 1.29 is 9.90 Å². The van der Waals surface area contributed by atoms with Crippen molar-refractivity contribution in [2.75, 3.05) is 0 Å². The van der Waals surface area contributed by atoms with Crippen LogP contribution in [0.1, 0.15) is 54.8 Å². The monoisotopic (exact) mass is 402 g/mol. The number of aliphatic hydroxyl groups is 1. The summed E-state index contributed by atoms with van der Waals surface area (Å²) >= 11 is 3.36. The largest absolute Gasteiger partial charge is 0.390 e. The van der Waals surface area contributed by atoms with Crippen LogP contribution < -0.4 is 5.32 Å². The Morgan fingerprint density at radius 3 is 2.74 bits per heavy atom. The molecule has 2 heterocycles. The maximum atomic E-state index is 12.7. The third kappa shape index (κ3) is 3.47. The number of thiophene rings is 1. The Balaban J connectivity index is 1.20. The highest BCUT2D eigenvalue weighted by Gasteiger charge is 2.57. The van der Waals surface area contributed by atoms with Gasteiger partial charge < -0.3 is 10.4 Å². The van der Waals surface area contributed by atoms with Gasteiger partial charge in [0.2, 0.25) is 5.91 Å². The SMILES string of the molecule is Cc1nc(-c2ccc(CNC(=O)CC34CC5CC(CC(O)(C5)C3)C4)s2)cs1. The molecule has 4 nitrogen and oxygen atoms in total. The van der Waals surface area contributed by atoms with E-state index in [1.165, 1.54) is 6.42 Å². The Bertz CT molecular complexity index is 857. The minimum absolute atomic E-state index is 0.0433. The fraction of sp³-hybridized carbons (Fsp3) is 0.619. The molecule has 4 fully saturated rings. The van der Waals surface area contributed by atoms with Crippen LogP contribution in [0, 0.1) is 24.2 Å². The zero-order chi connectivity index (χ0) is 18.6. The van der Waals surface area contributed by atoms with Crippen molar-refractivity contribution in [1.29, 1.82) is 0 Å². The second-order valence-electron chi connectivity index (χ2n) is 9.16. The maximum Gasteiger partial charge on any atom is 0.220 e. The molecule has 4 aliphatic carbocycles. The number of nitrogens with zero attached hydrogens (tertiary/aromatic N) is 1. The molecule has 4 aliphatic rings. The van der Waals surface area contributed by atoms with Crippen LogP contribution in [0.4, 0.5) is 0 Å². The van der Waals surface area contributed by atoms with Gasteiger partial charge in [-0.05, 0) is 74.8 Å². The quantitative estimate of drug-likeness (QED) is 0.773. The van der Waals surface area contributed by atoms with Gasteiger partial charge in [0, 0.05) is 16.7 Å². The van der Waals surface area contributed by atoms with Gasteiger partial charge in [0.15, 0.2) is 0 Å².